The van der Waals surface area contributed by atoms with E-state index in [0.717, 1.165) is 30.4 Å². The van der Waals surface area contributed by atoms with Crippen molar-refractivity contribution in [3.05, 3.63) is 54.3 Å². The van der Waals surface area contributed by atoms with Gasteiger partial charge >= 0.3 is 0 Å². The predicted octanol–water partition coefficient (Wildman–Crippen LogP) is 3.61. The zero-order chi connectivity index (χ0) is 17.8. The van der Waals surface area contributed by atoms with Gasteiger partial charge in [-0.15, -0.1) is 0 Å². The molecule has 1 amide bonds. The van der Waals surface area contributed by atoms with E-state index in [2.05, 4.69) is 15.6 Å². The molecule has 0 spiro atoms. The Hall–Kier alpha value is -2.66. The third-order valence-electron chi connectivity index (χ3n) is 4.97. The summed E-state index contributed by atoms with van der Waals surface area (Å²) in [5.41, 5.74) is 2.11. The van der Waals surface area contributed by atoms with Gasteiger partial charge < -0.3 is 15.1 Å². The molecule has 2 N–H and O–H groups in total. The van der Waals surface area contributed by atoms with Gasteiger partial charge in [-0.05, 0) is 62.5 Å². The fourth-order valence-corrected chi connectivity index (χ4v) is 3.57. The number of pyridine rings is 1. The maximum atomic E-state index is 12.8. The van der Waals surface area contributed by atoms with Gasteiger partial charge in [-0.25, -0.2) is 4.98 Å². The number of hydrogen-bond donors (Lipinski definition) is 2. The number of nitrogens with one attached hydrogen (secondary N) is 2. The number of amides is 1. The van der Waals surface area contributed by atoms with Crippen LogP contribution >= 0.6 is 0 Å². The summed E-state index contributed by atoms with van der Waals surface area (Å²) in [6.45, 7) is 2.86. The lowest BCUT2D eigenvalue weighted by atomic mass is 9.96. The lowest BCUT2D eigenvalue weighted by Crippen LogP contribution is -2.33. The summed E-state index contributed by atoms with van der Waals surface area (Å²) >= 11 is 0. The van der Waals surface area contributed by atoms with Crippen LogP contribution < -0.4 is 10.6 Å². The lowest BCUT2D eigenvalue weighted by Gasteiger charge is -2.22. The van der Waals surface area contributed by atoms with Gasteiger partial charge in [0.25, 0.3) is 5.91 Å². The molecule has 5 heteroatoms. The van der Waals surface area contributed by atoms with Gasteiger partial charge in [-0.2, -0.15) is 0 Å². The molecule has 3 aromatic rings. The van der Waals surface area contributed by atoms with Crippen LogP contribution in [0.5, 0.6) is 0 Å². The lowest BCUT2D eigenvalue weighted by molar-refractivity contribution is 0.0952. The van der Waals surface area contributed by atoms with E-state index in [1.807, 2.05) is 42.5 Å². The van der Waals surface area contributed by atoms with Crippen molar-refractivity contribution in [3.8, 4) is 11.5 Å². The molecule has 4 rings (SSSR count). The Morgan fingerprint density at radius 2 is 2.19 bits per heavy atom. The number of hydrogen-bond acceptors (Lipinski definition) is 4. The van der Waals surface area contributed by atoms with Gasteiger partial charge in [0.05, 0.1) is 17.3 Å². The number of piperidine rings is 1. The predicted molar refractivity (Wildman–Crippen MR) is 102 cm³/mol. The van der Waals surface area contributed by atoms with E-state index < -0.39 is 0 Å². The Morgan fingerprint density at radius 3 is 3.00 bits per heavy atom. The molecule has 26 heavy (non-hydrogen) atoms. The largest absolute Gasteiger partial charge is 0.463 e. The van der Waals surface area contributed by atoms with Crippen LogP contribution in [0.25, 0.3) is 22.4 Å². The summed E-state index contributed by atoms with van der Waals surface area (Å²) in [6.07, 6.45) is 5.08. The summed E-state index contributed by atoms with van der Waals surface area (Å²) in [4.78, 5) is 17.5. The minimum absolute atomic E-state index is 0.0554. The second kappa shape index (κ2) is 7.70. The smallest absolute Gasteiger partial charge is 0.252 e. The number of aromatic nitrogens is 1. The van der Waals surface area contributed by atoms with E-state index in [1.54, 1.807) is 6.26 Å². The fourth-order valence-electron chi connectivity index (χ4n) is 3.57. The molecule has 5 nitrogen and oxygen atoms in total. The highest BCUT2D eigenvalue weighted by molar-refractivity contribution is 6.07. The third kappa shape index (κ3) is 3.63. The first-order chi connectivity index (χ1) is 12.8. The first kappa shape index (κ1) is 16.8. The Morgan fingerprint density at radius 1 is 1.27 bits per heavy atom. The molecule has 1 fully saturated rings. The molecule has 0 aliphatic carbocycles. The topological polar surface area (TPSA) is 67.2 Å². The van der Waals surface area contributed by atoms with Crippen LogP contribution in [-0.2, 0) is 0 Å². The zero-order valence-electron chi connectivity index (χ0n) is 14.7. The standard InChI is InChI=1S/C21H23N3O2/c25-21(23-11-9-15-5-3-10-22-14-15)17-13-19(20-8-4-12-26-20)24-18-7-2-1-6-16(17)18/h1-2,4,6-8,12-13,15,22H,3,5,9-11,14H2,(H,23,25). The van der Waals surface area contributed by atoms with Crippen molar-refractivity contribution in [3.63, 3.8) is 0 Å². The third-order valence-corrected chi connectivity index (χ3v) is 4.97. The molecule has 0 saturated carbocycles. The highest BCUT2D eigenvalue weighted by atomic mass is 16.3. The van der Waals surface area contributed by atoms with Crippen molar-refractivity contribution in [1.29, 1.82) is 0 Å². The van der Waals surface area contributed by atoms with Crippen LogP contribution in [0.2, 0.25) is 0 Å². The Labute approximate surface area is 152 Å². The molecule has 134 valence electrons. The molecular formula is C21H23N3O2. The first-order valence-electron chi connectivity index (χ1n) is 9.24. The minimum Gasteiger partial charge on any atom is -0.463 e. The maximum Gasteiger partial charge on any atom is 0.252 e. The molecule has 1 aliphatic heterocycles. The maximum absolute atomic E-state index is 12.8. The molecule has 1 aromatic carbocycles. The second-order valence-electron chi connectivity index (χ2n) is 6.81. The quantitative estimate of drug-likeness (QED) is 0.738. The van der Waals surface area contributed by atoms with Crippen molar-refractivity contribution in [2.75, 3.05) is 19.6 Å². The summed E-state index contributed by atoms with van der Waals surface area (Å²) in [5.74, 6) is 1.26. The highest BCUT2D eigenvalue weighted by Crippen LogP contribution is 2.25. The molecule has 3 heterocycles. The van der Waals surface area contributed by atoms with Crippen LogP contribution in [0.15, 0.2) is 53.1 Å². The van der Waals surface area contributed by atoms with Crippen molar-refractivity contribution in [2.24, 2.45) is 5.92 Å². The van der Waals surface area contributed by atoms with Crippen molar-refractivity contribution >= 4 is 16.8 Å². The molecule has 1 atom stereocenters. The molecule has 0 radical (unpaired) electrons. The Bertz CT molecular complexity index is 883. The average Bonchev–Trinajstić information content (AvgIpc) is 3.23. The van der Waals surface area contributed by atoms with Crippen molar-refractivity contribution in [1.82, 2.24) is 15.6 Å². The molecule has 1 saturated heterocycles. The molecule has 1 aliphatic rings. The number of nitrogens with zero attached hydrogens (tertiary/aromatic N) is 1. The minimum atomic E-state index is -0.0554. The number of fused-ring (bicyclic) bond motifs is 1. The Kier molecular flexibility index (Phi) is 4.97. The number of carbonyl (C=O) groups excluding carboxylic acids is 1. The van der Waals surface area contributed by atoms with Gasteiger partial charge in [0.15, 0.2) is 5.76 Å². The number of rotatable bonds is 5. The summed E-state index contributed by atoms with van der Waals surface area (Å²) in [7, 11) is 0. The van der Waals surface area contributed by atoms with Crippen LogP contribution in [0.1, 0.15) is 29.6 Å². The fraction of sp³-hybridized carbons (Fsp3) is 0.333. The van der Waals surface area contributed by atoms with Gasteiger partial charge in [0.1, 0.15) is 5.69 Å². The second-order valence-corrected chi connectivity index (χ2v) is 6.81. The van der Waals surface area contributed by atoms with Crippen LogP contribution in [-0.4, -0.2) is 30.5 Å². The number of furan rings is 1. The summed E-state index contributed by atoms with van der Waals surface area (Å²) in [6, 6.07) is 13.2. The first-order valence-corrected chi connectivity index (χ1v) is 9.24. The van der Waals surface area contributed by atoms with Crippen LogP contribution in [0.3, 0.4) is 0 Å². The van der Waals surface area contributed by atoms with E-state index in [-0.39, 0.29) is 5.91 Å². The highest BCUT2D eigenvalue weighted by Gasteiger charge is 2.16. The number of carbonyl (C=O) groups is 1. The van der Waals surface area contributed by atoms with E-state index >= 15 is 0 Å². The van der Waals surface area contributed by atoms with Gasteiger partial charge in [-0.3, -0.25) is 4.79 Å². The number of benzene rings is 1. The molecule has 1 unspecified atom stereocenters. The van der Waals surface area contributed by atoms with Crippen molar-refractivity contribution < 1.29 is 9.21 Å². The molecule has 2 aromatic heterocycles. The van der Waals surface area contributed by atoms with Crippen LogP contribution in [0, 0.1) is 5.92 Å². The van der Waals surface area contributed by atoms with Gasteiger partial charge in [-0.1, -0.05) is 18.2 Å². The van der Waals surface area contributed by atoms with Crippen LogP contribution in [0.4, 0.5) is 0 Å². The van der Waals surface area contributed by atoms with E-state index in [1.165, 1.54) is 12.8 Å². The normalized spacial score (nSPS) is 17.3. The van der Waals surface area contributed by atoms with Crippen molar-refractivity contribution in [2.45, 2.75) is 19.3 Å². The molecule has 0 bridgehead atoms. The summed E-state index contributed by atoms with van der Waals surface area (Å²) in [5, 5.41) is 7.37. The monoisotopic (exact) mass is 349 g/mol. The SMILES string of the molecule is O=C(NCCC1CCCNC1)c1cc(-c2ccco2)nc2ccccc12. The number of para-hydroxylation sites is 1. The summed E-state index contributed by atoms with van der Waals surface area (Å²) < 4.78 is 5.46. The molecular weight excluding hydrogens is 326 g/mol. The zero-order valence-corrected chi connectivity index (χ0v) is 14.7. The van der Waals surface area contributed by atoms with E-state index in [0.29, 0.717) is 29.5 Å². The Balaban J connectivity index is 1.55. The van der Waals surface area contributed by atoms with Gasteiger partial charge in [0, 0.05) is 11.9 Å². The van der Waals surface area contributed by atoms with E-state index in [4.69, 9.17) is 4.42 Å². The van der Waals surface area contributed by atoms with Gasteiger partial charge in [0.2, 0.25) is 0 Å². The average molecular weight is 349 g/mol. The van der Waals surface area contributed by atoms with E-state index in [9.17, 15) is 4.79 Å².